The molecule has 1 atom stereocenters. The van der Waals surface area contributed by atoms with Crippen molar-refractivity contribution >= 4 is 35.0 Å². The highest BCUT2D eigenvalue weighted by atomic mass is 32.2. The van der Waals surface area contributed by atoms with Gasteiger partial charge in [-0.2, -0.15) is 0 Å². The predicted octanol–water partition coefficient (Wildman–Crippen LogP) is 3.79. The van der Waals surface area contributed by atoms with E-state index >= 15 is 0 Å². The van der Waals surface area contributed by atoms with Crippen molar-refractivity contribution < 1.29 is 19.1 Å². The van der Waals surface area contributed by atoms with Gasteiger partial charge in [-0.1, -0.05) is 24.3 Å². The van der Waals surface area contributed by atoms with Gasteiger partial charge in [0.25, 0.3) is 0 Å². The van der Waals surface area contributed by atoms with E-state index in [9.17, 15) is 9.59 Å². The fourth-order valence-corrected chi connectivity index (χ4v) is 2.98. The summed E-state index contributed by atoms with van der Waals surface area (Å²) in [5, 5.41) is 5.24. The average molecular weight is 388 g/mol. The Balaban J connectivity index is 1.86. The fraction of sp³-hybridized carbons (Fsp3) is 0.300. The lowest BCUT2D eigenvalue weighted by molar-refractivity contribution is -0.115. The zero-order chi connectivity index (χ0) is 19.6. The summed E-state index contributed by atoms with van der Waals surface area (Å²) in [5.74, 6) is 0.991. The van der Waals surface area contributed by atoms with Gasteiger partial charge in [-0.15, -0.1) is 11.8 Å². The third-order valence-corrected chi connectivity index (χ3v) is 4.80. The first-order chi connectivity index (χ1) is 13.0. The molecule has 0 aliphatic rings. The minimum absolute atomic E-state index is 0.154. The molecule has 2 amide bonds. The number of hydrogen-bond acceptors (Lipinski definition) is 5. The molecule has 7 heteroatoms. The van der Waals surface area contributed by atoms with Crippen molar-refractivity contribution in [3.63, 3.8) is 0 Å². The number of carbonyl (C=O) groups is 2. The van der Waals surface area contributed by atoms with Crippen LogP contribution < -0.4 is 20.1 Å². The van der Waals surface area contributed by atoms with Crippen molar-refractivity contribution in [2.24, 2.45) is 0 Å². The summed E-state index contributed by atoms with van der Waals surface area (Å²) in [5.41, 5.74) is 1.23. The Labute approximate surface area is 163 Å². The normalized spacial score (nSPS) is 11.4. The summed E-state index contributed by atoms with van der Waals surface area (Å²) >= 11 is 1.26. The highest BCUT2D eigenvalue weighted by Gasteiger charge is 2.17. The number of thioether (sulfide) groups is 1. The van der Waals surface area contributed by atoms with Crippen molar-refractivity contribution in [2.45, 2.75) is 19.1 Å². The third kappa shape index (κ3) is 6.21. The van der Waals surface area contributed by atoms with Crippen LogP contribution in [0.4, 0.5) is 11.4 Å². The van der Waals surface area contributed by atoms with Gasteiger partial charge in [-0.05, 0) is 38.1 Å². The Morgan fingerprint density at radius 2 is 1.59 bits per heavy atom. The first-order valence-corrected chi connectivity index (χ1v) is 9.67. The lowest BCUT2D eigenvalue weighted by atomic mass is 10.3. The molecule has 144 valence electrons. The maximum Gasteiger partial charge on any atom is 0.237 e. The van der Waals surface area contributed by atoms with Crippen LogP contribution in [0.15, 0.2) is 48.5 Å². The lowest BCUT2D eigenvalue weighted by Crippen LogP contribution is -2.25. The number of hydrogen-bond donors (Lipinski definition) is 2. The number of ether oxygens (including phenoxy) is 2. The molecule has 0 radical (unpaired) electrons. The summed E-state index contributed by atoms with van der Waals surface area (Å²) in [6, 6.07) is 14.5. The molecule has 2 aromatic rings. The van der Waals surface area contributed by atoms with E-state index in [0.717, 1.165) is 0 Å². The second kappa shape index (κ2) is 10.5. The van der Waals surface area contributed by atoms with Crippen molar-refractivity contribution in [2.75, 3.05) is 30.1 Å². The van der Waals surface area contributed by atoms with Gasteiger partial charge in [0, 0.05) is 0 Å². The minimum Gasteiger partial charge on any atom is -0.495 e. The van der Waals surface area contributed by atoms with Gasteiger partial charge in [0.05, 0.1) is 36.1 Å². The monoisotopic (exact) mass is 388 g/mol. The SMILES string of the molecule is CCOc1ccccc1NC(=O)CS[C@@H](C)C(=O)Nc1ccccc1OC. The molecule has 0 saturated heterocycles. The highest BCUT2D eigenvalue weighted by Crippen LogP contribution is 2.25. The standard InChI is InChI=1S/C20H24N2O4S/c1-4-26-18-12-8-6-10-16(18)21-19(23)13-27-14(2)20(24)22-15-9-5-7-11-17(15)25-3/h5-12,14H,4,13H2,1-3H3,(H,21,23)(H,22,24)/t14-/m0/s1. The van der Waals surface area contributed by atoms with Crippen LogP contribution >= 0.6 is 11.8 Å². The number of anilines is 2. The van der Waals surface area contributed by atoms with Gasteiger partial charge in [-0.25, -0.2) is 0 Å². The Hall–Kier alpha value is -2.67. The number of amides is 2. The van der Waals surface area contributed by atoms with Crippen LogP contribution in [-0.4, -0.2) is 36.5 Å². The Kier molecular flexibility index (Phi) is 8.00. The van der Waals surface area contributed by atoms with E-state index < -0.39 is 5.25 Å². The van der Waals surface area contributed by atoms with E-state index in [1.54, 1.807) is 38.3 Å². The first kappa shape index (κ1) is 20.6. The van der Waals surface area contributed by atoms with Gasteiger partial charge in [0.15, 0.2) is 0 Å². The quantitative estimate of drug-likeness (QED) is 0.683. The van der Waals surface area contributed by atoms with Crippen molar-refractivity contribution in [3.8, 4) is 11.5 Å². The fourth-order valence-electron chi connectivity index (χ4n) is 2.30. The van der Waals surface area contributed by atoms with E-state index in [-0.39, 0.29) is 17.6 Å². The smallest absolute Gasteiger partial charge is 0.237 e. The molecule has 6 nitrogen and oxygen atoms in total. The molecule has 0 saturated carbocycles. The van der Waals surface area contributed by atoms with Crippen LogP contribution in [0.2, 0.25) is 0 Å². The number of carbonyl (C=O) groups excluding carboxylic acids is 2. The zero-order valence-electron chi connectivity index (χ0n) is 15.7. The van der Waals surface area contributed by atoms with Crippen LogP contribution in [0.25, 0.3) is 0 Å². The lowest BCUT2D eigenvalue weighted by Gasteiger charge is -2.14. The van der Waals surface area contributed by atoms with Crippen molar-refractivity contribution in [3.05, 3.63) is 48.5 Å². The molecule has 0 spiro atoms. The van der Waals surface area contributed by atoms with Gasteiger partial charge in [0.2, 0.25) is 11.8 Å². The maximum absolute atomic E-state index is 12.4. The van der Waals surface area contributed by atoms with Gasteiger partial charge in [0.1, 0.15) is 11.5 Å². The van der Waals surface area contributed by atoms with Crippen LogP contribution in [0.3, 0.4) is 0 Å². The Morgan fingerprint density at radius 1 is 1.00 bits per heavy atom. The summed E-state index contributed by atoms with van der Waals surface area (Å²) in [6.45, 7) is 4.16. The number of benzene rings is 2. The van der Waals surface area contributed by atoms with Gasteiger partial charge >= 0.3 is 0 Å². The Morgan fingerprint density at radius 3 is 2.22 bits per heavy atom. The third-order valence-electron chi connectivity index (χ3n) is 3.66. The second-order valence-corrected chi connectivity index (χ2v) is 6.95. The summed E-state index contributed by atoms with van der Waals surface area (Å²) in [6.07, 6.45) is 0. The van der Waals surface area contributed by atoms with Gasteiger partial charge < -0.3 is 20.1 Å². The van der Waals surface area contributed by atoms with E-state index in [1.807, 2.05) is 31.2 Å². The molecule has 0 fully saturated rings. The van der Waals surface area contributed by atoms with Crippen molar-refractivity contribution in [1.82, 2.24) is 0 Å². The second-order valence-electron chi connectivity index (χ2n) is 5.62. The van der Waals surface area contributed by atoms with Crippen molar-refractivity contribution in [1.29, 1.82) is 0 Å². The molecule has 0 heterocycles. The molecule has 2 N–H and O–H groups in total. The van der Waals surface area contributed by atoms with Crippen LogP contribution in [-0.2, 0) is 9.59 Å². The number of rotatable bonds is 9. The number of nitrogens with one attached hydrogen (secondary N) is 2. The summed E-state index contributed by atoms with van der Waals surface area (Å²) in [4.78, 5) is 24.6. The van der Waals surface area contributed by atoms with Gasteiger partial charge in [-0.3, -0.25) is 9.59 Å². The average Bonchev–Trinajstić information content (AvgIpc) is 2.68. The summed E-state index contributed by atoms with van der Waals surface area (Å²) in [7, 11) is 1.55. The molecule has 0 bridgehead atoms. The molecule has 2 aromatic carbocycles. The number of para-hydroxylation sites is 4. The first-order valence-electron chi connectivity index (χ1n) is 8.62. The molecule has 0 aromatic heterocycles. The molecule has 2 rings (SSSR count). The highest BCUT2D eigenvalue weighted by molar-refractivity contribution is 8.01. The molecular formula is C20H24N2O4S. The van der Waals surface area contributed by atoms with E-state index in [2.05, 4.69) is 10.6 Å². The minimum atomic E-state index is -0.400. The molecule has 0 aliphatic heterocycles. The molecule has 27 heavy (non-hydrogen) atoms. The Bertz CT molecular complexity index is 782. The zero-order valence-corrected chi connectivity index (χ0v) is 16.5. The van der Waals surface area contributed by atoms with E-state index in [1.165, 1.54) is 11.8 Å². The topological polar surface area (TPSA) is 76.7 Å². The summed E-state index contributed by atoms with van der Waals surface area (Å²) < 4.78 is 10.7. The van der Waals surface area contributed by atoms with Crippen LogP contribution in [0.5, 0.6) is 11.5 Å². The van der Waals surface area contributed by atoms with E-state index in [0.29, 0.717) is 29.5 Å². The molecule has 0 unspecified atom stereocenters. The largest absolute Gasteiger partial charge is 0.495 e. The maximum atomic E-state index is 12.4. The van der Waals surface area contributed by atoms with Crippen LogP contribution in [0, 0.1) is 0 Å². The van der Waals surface area contributed by atoms with Crippen LogP contribution in [0.1, 0.15) is 13.8 Å². The van der Waals surface area contributed by atoms with E-state index in [4.69, 9.17) is 9.47 Å². The molecule has 0 aliphatic carbocycles. The number of methoxy groups -OCH3 is 1. The molecular weight excluding hydrogens is 364 g/mol. The predicted molar refractivity (Wildman–Crippen MR) is 110 cm³/mol.